The molecule has 4 rings (SSSR count). The summed E-state index contributed by atoms with van der Waals surface area (Å²) in [7, 11) is 0. The molecule has 1 amide bonds. The van der Waals surface area contributed by atoms with Gasteiger partial charge in [0.1, 0.15) is 0 Å². The molecular weight excluding hydrogens is 474 g/mol. The first-order chi connectivity index (χ1) is 17.5. The van der Waals surface area contributed by atoms with Gasteiger partial charge in [0.2, 0.25) is 0 Å². The van der Waals surface area contributed by atoms with Crippen LogP contribution in [0, 0.1) is 4.77 Å². The number of aromatic amines is 1. The van der Waals surface area contributed by atoms with E-state index < -0.39 is 0 Å². The number of hydrogen-bond donors (Lipinski definition) is 2. The number of rotatable bonds is 10. The number of fused-ring (bicyclic) bond motifs is 1. The lowest BCUT2D eigenvalue weighted by atomic mass is 10.1. The zero-order valence-electron chi connectivity index (χ0n) is 20.4. The smallest absolute Gasteiger partial charge is 0.262 e. The fourth-order valence-electron chi connectivity index (χ4n) is 3.95. The number of aromatic nitrogens is 2. The van der Waals surface area contributed by atoms with Crippen molar-refractivity contribution in [3.05, 3.63) is 98.5 Å². The summed E-state index contributed by atoms with van der Waals surface area (Å²) in [5.74, 6) is 0.946. The van der Waals surface area contributed by atoms with E-state index in [1.165, 1.54) is 10.1 Å². The molecule has 186 valence electrons. The minimum Gasteiger partial charge on any atom is -0.490 e. The Morgan fingerprint density at radius 2 is 1.61 bits per heavy atom. The molecule has 0 fully saturated rings. The van der Waals surface area contributed by atoms with Crippen LogP contribution in [0.4, 0.5) is 0 Å². The number of benzene rings is 3. The van der Waals surface area contributed by atoms with E-state index in [9.17, 15) is 9.59 Å². The largest absolute Gasteiger partial charge is 0.490 e. The average molecular weight is 504 g/mol. The molecule has 3 aromatic carbocycles. The second kappa shape index (κ2) is 11.7. The Hall–Kier alpha value is -3.91. The molecule has 7 nitrogen and oxygen atoms in total. The SMILES string of the molecule is CCOc1cc2[nH]c(=S)n(Cc3ccc(C(=O)NCCc4ccccc4)cc3)c(=O)c2cc1OCC. The molecule has 8 heteroatoms. The lowest BCUT2D eigenvalue weighted by Crippen LogP contribution is -2.26. The van der Waals surface area contributed by atoms with Crippen LogP contribution in [0.5, 0.6) is 11.5 Å². The van der Waals surface area contributed by atoms with E-state index in [0.29, 0.717) is 52.5 Å². The lowest BCUT2D eigenvalue weighted by molar-refractivity contribution is 0.0954. The second-order valence-electron chi connectivity index (χ2n) is 8.22. The van der Waals surface area contributed by atoms with Crippen molar-refractivity contribution in [1.82, 2.24) is 14.9 Å². The van der Waals surface area contributed by atoms with Crippen LogP contribution in [0.25, 0.3) is 10.9 Å². The summed E-state index contributed by atoms with van der Waals surface area (Å²) in [5, 5.41) is 3.41. The van der Waals surface area contributed by atoms with Gasteiger partial charge in [-0.15, -0.1) is 0 Å². The number of nitrogens with one attached hydrogen (secondary N) is 2. The highest BCUT2D eigenvalue weighted by atomic mass is 32.1. The third-order valence-corrected chi connectivity index (χ3v) is 6.07. The van der Waals surface area contributed by atoms with Crippen LogP contribution >= 0.6 is 12.2 Å². The van der Waals surface area contributed by atoms with E-state index in [1.807, 2.05) is 56.3 Å². The molecular formula is C28H29N3O4S. The Morgan fingerprint density at radius 3 is 2.28 bits per heavy atom. The maximum atomic E-state index is 13.3. The van der Waals surface area contributed by atoms with Gasteiger partial charge in [0.05, 0.1) is 30.7 Å². The fraction of sp³-hybridized carbons (Fsp3) is 0.250. The van der Waals surface area contributed by atoms with E-state index in [0.717, 1.165) is 12.0 Å². The first kappa shape index (κ1) is 25.2. The minimum atomic E-state index is -0.222. The molecule has 0 bridgehead atoms. The van der Waals surface area contributed by atoms with E-state index in [-0.39, 0.29) is 18.0 Å². The number of nitrogens with zero attached hydrogens (tertiary/aromatic N) is 1. The molecule has 0 aliphatic rings. The van der Waals surface area contributed by atoms with Gasteiger partial charge in [-0.3, -0.25) is 14.2 Å². The first-order valence-corrected chi connectivity index (χ1v) is 12.4. The lowest BCUT2D eigenvalue weighted by Gasteiger charge is -2.14. The highest BCUT2D eigenvalue weighted by molar-refractivity contribution is 7.71. The number of carbonyl (C=O) groups is 1. The molecule has 0 aliphatic heterocycles. The van der Waals surface area contributed by atoms with Gasteiger partial charge in [-0.25, -0.2) is 0 Å². The van der Waals surface area contributed by atoms with E-state index in [4.69, 9.17) is 21.7 Å². The van der Waals surface area contributed by atoms with E-state index in [2.05, 4.69) is 10.3 Å². The van der Waals surface area contributed by atoms with Crippen molar-refractivity contribution >= 4 is 29.0 Å². The highest BCUT2D eigenvalue weighted by Crippen LogP contribution is 2.31. The number of ether oxygens (including phenoxy) is 2. The van der Waals surface area contributed by atoms with Crippen LogP contribution < -0.4 is 20.3 Å². The number of carbonyl (C=O) groups excluding carboxylic acids is 1. The van der Waals surface area contributed by atoms with Crippen molar-refractivity contribution in [3.8, 4) is 11.5 Å². The zero-order valence-corrected chi connectivity index (χ0v) is 21.2. The molecule has 0 saturated heterocycles. The van der Waals surface area contributed by atoms with Gasteiger partial charge in [-0.1, -0.05) is 42.5 Å². The van der Waals surface area contributed by atoms with Crippen LogP contribution in [0.2, 0.25) is 0 Å². The summed E-state index contributed by atoms with van der Waals surface area (Å²) < 4.78 is 13.1. The molecule has 0 atom stereocenters. The molecule has 36 heavy (non-hydrogen) atoms. The Morgan fingerprint density at radius 1 is 0.944 bits per heavy atom. The van der Waals surface area contributed by atoms with Gasteiger partial charge in [0.15, 0.2) is 16.3 Å². The maximum Gasteiger partial charge on any atom is 0.262 e. The third-order valence-electron chi connectivity index (χ3n) is 5.74. The Labute approximate surface area is 214 Å². The monoisotopic (exact) mass is 503 g/mol. The Balaban J connectivity index is 1.50. The highest BCUT2D eigenvalue weighted by Gasteiger charge is 2.13. The van der Waals surface area contributed by atoms with Crippen molar-refractivity contribution in [2.75, 3.05) is 19.8 Å². The predicted molar refractivity (Wildman–Crippen MR) is 144 cm³/mol. The zero-order chi connectivity index (χ0) is 25.5. The topological polar surface area (TPSA) is 85.4 Å². The molecule has 1 heterocycles. The van der Waals surface area contributed by atoms with Crippen LogP contribution in [0.3, 0.4) is 0 Å². The molecule has 0 saturated carbocycles. The van der Waals surface area contributed by atoms with Gasteiger partial charge in [0, 0.05) is 18.2 Å². The van der Waals surface area contributed by atoms with Gasteiger partial charge < -0.3 is 19.8 Å². The summed E-state index contributed by atoms with van der Waals surface area (Å²) in [6, 6.07) is 20.6. The summed E-state index contributed by atoms with van der Waals surface area (Å²) in [5.41, 5.74) is 2.96. The van der Waals surface area contributed by atoms with E-state index >= 15 is 0 Å². The van der Waals surface area contributed by atoms with E-state index in [1.54, 1.807) is 24.3 Å². The molecule has 4 aromatic rings. The van der Waals surface area contributed by atoms with Gasteiger partial charge in [-0.05, 0) is 61.8 Å². The molecule has 1 aromatic heterocycles. The van der Waals surface area contributed by atoms with Crippen LogP contribution in [0.1, 0.15) is 35.3 Å². The van der Waals surface area contributed by atoms with Crippen molar-refractivity contribution < 1.29 is 14.3 Å². The van der Waals surface area contributed by atoms with Crippen molar-refractivity contribution in [1.29, 1.82) is 0 Å². The standard InChI is InChI=1S/C28H29N3O4S/c1-3-34-24-16-22-23(17-25(24)35-4-2)30-28(36)31(27(22)33)18-20-10-12-21(13-11-20)26(32)29-15-14-19-8-6-5-7-9-19/h5-13,16-17H,3-4,14-15,18H2,1-2H3,(H,29,32)(H,30,36). The van der Waals surface area contributed by atoms with Crippen LogP contribution in [-0.4, -0.2) is 35.2 Å². The van der Waals surface area contributed by atoms with Crippen LogP contribution in [-0.2, 0) is 13.0 Å². The minimum absolute atomic E-state index is 0.133. The molecule has 0 spiro atoms. The summed E-state index contributed by atoms with van der Waals surface area (Å²) >= 11 is 5.48. The predicted octanol–water partition coefficient (Wildman–Crippen LogP) is 4.88. The molecule has 0 aliphatic carbocycles. The summed E-state index contributed by atoms with van der Waals surface area (Å²) in [4.78, 5) is 28.9. The quantitative estimate of drug-likeness (QED) is 0.302. The third kappa shape index (κ3) is 5.83. The maximum absolute atomic E-state index is 13.3. The van der Waals surface area contributed by atoms with Crippen LogP contribution in [0.15, 0.2) is 71.5 Å². The number of hydrogen-bond acceptors (Lipinski definition) is 5. The van der Waals surface area contributed by atoms with Crippen molar-refractivity contribution in [2.45, 2.75) is 26.8 Å². The van der Waals surface area contributed by atoms with Crippen molar-refractivity contribution in [3.63, 3.8) is 0 Å². The van der Waals surface area contributed by atoms with Gasteiger partial charge >= 0.3 is 0 Å². The second-order valence-corrected chi connectivity index (χ2v) is 8.61. The molecule has 0 radical (unpaired) electrons. The average Bonchev–Trinajstić information content (AvgIpc) is 2.88. The van der Waals surface area contributed by atoms with Gasteiger partial charge in [0.25, 0.3) is 11.5 Å². The Kier molecular flexibility index (Phi) is 8.17. The van der Waals surface area contributed by atoms with Crippen molar-refractivity contribution in [2.24, 2.45) is 0 Å². The molecule has 0 unspecified atom stereocenters. The fourth-order valence-corrected chi connectivity index (χ4v) is 4.21. The first-order valence-electron chi connectivity index (χ1n) is 12.0. The Bertz CT molecular complexity index is 1460. The number of H-pyrrole nitrogens is 1. The molecule has 2 N–H and O–H groups in total. The van der Waals surface area contributed by atoms with Gasteiger partial charge in [-0.2, -0.15) is 0 Å². The summed E-state index contributed by atoms with van der Waals surface area (Å²) in [6.07, 6.45) is 0.769. The number of amides is 1. The summed E-state index contributed by atoms with van der Waals surface area (Å²) in [6.45, 7) is 5.53. The normalized spacial score (nSPS) is 10.8.